The molecule has 142 valence electrons. The molecule has 0 bridgehead atoms. The van der Waals surface area contributed by atoms with Gasteiger partial charge in [0.15, 0.2) is 0 Å². The van der Waals surface area contributed by atoms with Gasteiger partial charge in [-0.2, -0.15) is 0 Å². The third-order valence-electron chi connectivity index (χ3n) is 4.46. The van der Waals surface area contributed by atoms with Crippen molar-refractivity contribution in [3.8, 4) is 11.5 Å². The highest BCUT2D eigenvalue weighted by Crippen LogP contribution is 2.50. The van der Waals surface area contributed by atoms with E-state index in [1.807, 2.05) is 35.2 Å². The number of carboxylic acid groups (broad SMARTS) is 1. The summed E-state index contributed by atoms with van der Waals surface area (Å²) < 4.78 is 5.34. The molecule has 3 aromatic rings. The minimum absolute atomic E-state index is 0.163. The lowest BCUT2D eigenvalue weighted by Gasteiger charge is -2.34. The van der Waals surface area contributed by atoms with Crippen LogP contribution in [-0.2, 0) is 0 Å². The predicted octanol–water partition coefficient (Wildman–Crippen LogP) is 4.77. The van der Waals surface area contributed by atoms with E-state index in [1.165, 1.54) is 11.8 Å². The maximum absolute atomic E-state index is 11.8. The number of rotatable bonds is 5. The average Bonchev–Trinajstić information content (AvgIpc) is 2.70. The standard InChI is InChI=1S/C21H18N2O4S/c1-27-15-8-9-17-19(11-15)28-18-7-3-6-16(21(25)26)20(18)23(17)12-22-13-4-2-5-14(24)10-13/h2-11,22,24H,12H2,1H3,(H,25,26). The molecule has 0 saturated carbocycles. The molecule has 0 spiro atoms. The Morgan fingerprint density at radius 3 is 2.68 bits per heavy atom. The van der Waals surface area contributed by atoms with E-state index in [0.29, 0.717) is 12.4 Å². The first-order valence-corrected chi connectivity index (χ1v) is 9.41. The number of fused-ring (bicyclic) bond motifs is 2. The zero-order chi connectivity index (χ0) is 19.7. The lowest BCUT2D eigenvalue weighted by Crippen LogP contribution is -2.28. The number of carboxylic acids is 1. The summed E-state index contributed by atoms with van der Waals surface area (Å²) in [6, 6.07) is 17.8. The molecule has 6 nitrogen and oxygen atoms in total. The maximum atomic E-state index is 11.8. The SMILES string of the molecule is COc1ccc2c(c1)Sc1cccc(C(=O)O)c1N2CNc1cccc(O)c1. The zero-order valence-corrected chi connectivity index (χ0v) is 15.9. The van der Waals surface area contributed by atoms with Crippen LogP contribution in [0.3, 0.4) is 0 Å². The fraction of sp³-hybridized carbons (Fsp3) is 0.0952. The van der Waals surface area contributed by atoms with Crippen molar-refractivity contribution in [1.82, 2.24) is 0 Å². The van der Waals surface area contributed by atoms with E-state index >= 15 is 0 Å². The largest absolute Gasteiger partial charge is 0.508 e. The van der Waals surface area contributed by atoms with Crippen molar-refractivity contribution >= 4 is 34.8 Å². The van der Waals surface area contributed by atoms with Crippen LogP contribution in [-0.4, -0.2) is 30.0 Å². The number of hydrogen-bond donors (Lipinski definition) is 3. The molecular formula is C21H18N2O4S. The van der Waals surface area contributed by atoms with Crippen molar-refractivity contribution in [1.29, 1.82) is 0 Å². The van der Waals surface area contributed by atoms with Gasteiger partial charge in [-0.15, -0.1) is 0 Å². The number of phenols is 1. The van der Waals surface area contributed by atoms with Crippen LogP contribution < -0.4 is 15.0 Å². The fourth-order valence-electron chi connectivity index (χ4n) is 3.17. The molecule has 0 aliphatic carbocycles. The summed E-state index contributed by atoms with van der Waals surface area (Å²) in [5, 5.41) is 22.7. The third-order valence-corrected chi connectivity index (χ3v) is 5.56. The number of methoxy groups -OCH3 is 1. The Bertz CT molecular complexity index is 1050. The Morgan fingerprint density at radius 2 is 1.93 bits per heavy atom. The number of aromatic hydroxyl groups is 1. The van der Waals surface area contributed by atoms with Crippen LogP contribution in [0.1, 0.15) is 10.4 Å². The topological polar surface area (TPSA) is 82.0 Å². The Balaban J connectivity index is 1.78. The Kier molecular flexibility index (Phi) is 4.75. The lowest BCUT2D eigenvalue weighted by atomic mass is 10.1. The van der Waals surface area contributed by atoms with Crippen LogP contribution in [0.4, 0.5) is 17.1 Å². The Morgan fingerprint density at radius 1 is 1.11 bits per heavy atom. The number of para-hydroxylation sites is 1. The van der Waals surface area contributed by atoms with Gasteiger partial charge in [0.05, 0.1) is 30.7 Å². The molecule has 0 atom stereocenters. The van der Waals surface area contributed by atoms with Crippen LogP contribution in [0.5, 0.6) is 11.5 Å². The van der Waals surface area contributed by atoms with Crippen LogP contribution in [0.25, 0.3) is 0 Å². The maximum Gasteiger partial charge on any atom is 0.337 e. The average molecular weight is 394 g/mol. The second kappa shape index (κ2) is 7.36. The Hall–Kier alpha value is -3.32. The summed E-state index contributed by atoms with van der Waals surface area (Å²) in [5.41, 5.74) is 2.51. The number of phenolic OH excluding ortho intramolecular Hbond substituents is 1. The van der Waals surface area contributed by atoms with Crippen LogP contribution in [0, 0.1) is 0 Å². The molecule has 0 radical (unpaired) electrons. The normalized spacial score (nSPS) is 12.1. The molecule has 0 unspecified atom stereocenters. The van der Waals surface area contributed by atoms with Crippen molar-refractivity contribution in [2.45, 2.75) is 9.79 Å². The van der Waals surface area contributed by atoms with Gasteiger partial charge in [-0.25, -0.2) is 4.79 Å². The monoisotopic (exact) mass is 394 g/mol. The molecule has 0 saturated heterocycles. The van der Waals surface area contributed by atoms with Gasteiger partial charge in [-0.1, -0.05) is 23.9 Å². The molecule has 0 fully saturated rings. The van der Waals surface area contributed by atoms with Gasteiger partial charge in [0.2, 0.25) is 0 Å². The highest BCUT2D eigenvalue weighted by Gasteiger charge is 2.28. The van der Waals surface area contributed by atoms with Gasteiger partial charge in [0, 0.05) is 21.5 Å². The first-order chi connectivity index (χ1) is 13.6. The molecule has 1 aliphatic rings. The fourth-order valence-corrected chi connectivity index (χ4v) is 4.33. The van der Waals surface area contributed by atoms with Gasteiger partial charge < -0.3 is 25.2 Å². The van der Waals surface area contributed by atoms with Crippen LogP contribution in [0.15, 0.2) is 70.5 Å². The second-order valence-electron chi connectivity index (χ2n) is 6.21. The first-order valence-electron chi connectivity index (χ1n) is 8.59. The summed E-state index contributed by atoms with van der Waals surface area (Å²) in [6.07, 6.45) is 0. The molecule has 0 aromatic heterocycles. The van der Waals surface area contributed by atoms with E-state index in [-0.39, 0.29) is 11.3 Å². The summed E-state index contributed by atoms with van der Waals surface area (Å²) in [7, 11) is 1.62. The number of nitrogens with one attached hydrogen (secondary N) is 1. The second-order valence-corrected chi connectivity index (χ2v) is 7.29. The number of benzene rings is 3. The van der Waals surface area contributed by atoms with Crippen molar-refractivity contribution in [3.63, 3.8) is 0 Å². The molecule has 4 rings (SSSR count). The predicted molar refractivity (Wildman–Crippen MR) is 109 cm³/mol. The highest BCUT2D eigenvalue weighted by molar-refractivity contribution is 7.99. The van der Waals surface area contributed by atoms with Crippen LogP contribution >= 0.6 is 11.8 Å². The lowest BCUT2D eigenvalue weighted by molar-refractivity contribution is 0.0697. The summed E-state index contributed by atoms with van der Waals surface area (Å²) >= 11 is 1.52. The number of nitrogens with zero attached hydrogens (tertiary/aromatic N) is 1. The summed E-state index contributed by atoms with van der Waals surface area (Å²) in [5.74, 6) is -0.0716. The number of carbonyl (C=O) groups is 1. The number of hydrogen-bond acceptors (Lipinski definition) is 6. The van der Waals surface area contributed by atoms with Gasteiger partial charge in [0.25, 0.3) is 0 Å². The molecular weight excluding hydrogens is 376 g/mol. The van der Waals surface area contributed by atoms with E-state index in [2.05, 4.69) is 5.32 Å². The number of aromatic carboxylic acids is 1. The van der Waals surface area contributed by atoms with Gasteiger partial charge >= 0.3 is 5.97 Å². The molecule has 28 heavy (non-hydrogen) atoms. The van der Waals surface area contributed by atoms with E-state index in [9.17, 15) is 15.0 Å². The van der Waals surface area contributed by atoms with Crippen molar-refractivity contribution in [2.75, 3.05) is 24.0 Å². The minimum Gasteiger partial charge on any atom is -0.508 e. The van der Waals surface area contributed by atoms with Crippen molar-refractivity contribution in [2.24, 2.45) is 0 Å². The zero-order valence-electron chi connectivity index (χ0n) is 15.0. The molecule has 7 heteroatoms. The van der Waals surface area contributed by atoms with Gasteiger partial charge in [-0.05, 0) is 42.5 Å². The number of anilines is 3. The summed E-state index contributed by atoms with van der Waals surface area (Å²) in [6.45, 7) is 0.334. The molecule has 0 amide bonds. The quantitative estimate of drug-likeness (QED) is 0.575. The van der Waals surface area contributed by atoms with E-state index < -0.39 is 5.97 Å². The minimum atomic E-state index is -0.975. The molecule has 1 aliphatic heterocycles. The van der Waals surface area contributed by atoms with Crippen LogP contribution in [0.2, 0.25) is 0 Å². The van der Waals surface area contributed by atoms with E-state index in [0.717, 1.165) is 26.9 Å². The third kappa shape index (κ3) is 3.32. The van der Waals surface area contributed by atoms with Gasteiger partial charge in [-0.3, -0.25) is 0 Å². The van der Waals surface area contributed by atoms with Crippen molar-refractivity contribution in [3.05, 3.63) is 66.2 Å². The number of ether oxygens (including phenoxy) is 1. The summed E-state index contributed by atoms with van der Waals surface area (Å²) in [4.78, 5) is 15.6. The first kappa shape index (κ1) is 18.1. The molecule has 1 heterocycles. The van der Waals surface area contributed by atoms with Crippen molar-refractivity contribution < 1.29 is 19.7 Å². The highest BCUT2D eigenvalue weighted by atomic mass is 32.2. The smallest absolute Gasteiger partial charge is 0.337 e. The molecule has 3 N–H and O–H groups in total. The van der Waals surface area contributed by atoms with E-state index in [4.69, 9.17) is 4.74 Å². The molecule has 3 aromatic carbocycles. The van der Waals surface area contributed by atoms with Gasteiger partial charge in [0.1, 0.15) is 11.5 Å². The Labute approximate surface area is 166 Å². The van der Waals surface area contributed by atoms with E-state index in [1.54, 1.807) is 37.4 Å².